The summed E-state index contributed by atoms with van der Waals surface area (Å²) in [6, 6.07) is -0.525. The van der Waals surface area contributed by atoms with Crippen LogP contribution in [0.15, 0.2) is 0 Å². The summed E-state index contributed by atoms with van der Waals surface area (Å²) in [4.78, 5) is 12.2. The Balaban J connectivity index is 3.58. The van der Waals surface area contributed by atoms with Crippen LogP contribution < -0.4 is 5.32 Å². The molecule has 0 rings (SSSR count). The van der Waals surface area contributed by atoms with Gasteiger partial charge >= 0.3 is 0 Å². The van der Waals surface area contributed by atoms with Crippen molar-refractivity contribution in [2.75, 3.05) is 6.61 Å². The molecule has 2 atom stereocenters. The Morgan fingerprint density at radius 1 is 0.571 bits per heavy atom. The number of hydrogen-bond donors (Lipinski definition) is 3. The lowest BCUT2D eigenvalue weighted by Gasteiger charge is -2.22. The van der Waals surface area contributed by atoms with Crippen molar-refractivity contribution in [2.24, 2.45) is 0 Å². The second-order valence-corrected chi connectivity index (χ2v) is 10.9. The fourth-order valence-electron chi connectivity index (χ4n) is 4.89. The molecular weight excluding hydrogens is 434 g/mol. The number of hydrogen-bond acceptors (Lipinski definition) is 3. The van der Waals surface area contributed by atoms with Crippen molar-refractivity contribution in [3.63, 3.8) is 0 Å². The highest BCUT2D eigenvalue weighted by molar-refractivity contribution is 5.76. The van der Waals surface area contributed by atoms with Crippen LogP contribution in [-0.4, -0.2) is 34.9 Å². The lowest BCUT2D eigenvalue weighted by Crippen LogP contribution is -2.45. The first-order chi connectivity index (χ1) is 17.2. The quantitative estimate of drug-likeness (QED) is 0.0947. The third kappa shape index (κ3) is 24.8. The largest absolute Gasteiger partial charge is 0.394 e. The summed E-state index contributed by atoms with van der Waals surface area (Å²) < 4.78 is 0. The van der Waals surface area contributed by atoms with Crippen molar-refractivity contribution in [3.8, 4) is 0 Å². The van der Waals surface area contributed by atoms with E-state index < -0.39 is 12.1 Å². The van der Waals surface area contributed by atoms with Gasteiger partial charge in [-0.15, -0.1) is 0 Å². The third-order valence-corrected chi connectivity index (χ3v) is 7.37. The van der Waals surface area contributed by atoms with Crippen molar-refractivity contribution >= 4 is 5.91 Å². The smallest absolute Gasteiger partial charge is 0.220 e. The molecule has 0 saturated carbocycles. The molecule has 4 nitrogen and oxygen atoms in total. The first kappa shape index (κ1) is 34.4. The lowest BCUT2D eigenvalue weighted by molar-refractivity contribution is -0.123. The lowest BCUT2D eigenvalue weighted by atomic mass is 10.0. The summed E-state index contributed by atoms with van der Waals surface area (Å²) in [5, 5.41) is 22.9. The number of carbonyl (C=O) groups excluding carboxylic acids is 1. The number of aliphatic hydroxyl groups is 2. The number of unbranched alkanes of at least 4 members (excludes halogenated alkanes) is 21. The van der Waals surface area contributed by atoms with Gasteiger partial charge in [0.2, 0.25) is 5.91 Å². The fourth-order valence-corrected chi connectivity index (χ4v) is 4.89. The molecule has 1 amide bonds. The van der Waals surface area contributed by atoms with Gasteiger partial charge in [0.25, 0.3) is 0 Å². The van der Waals surface area contributed by atoms with Gasteiger partial charge in [0.15, 0.2) is 0 Å². The van der Waals surface area contributed by atoms with E-state index in [1.165, 1.54) is 122 Å². The maximum atomic E-state index is 12.2. The standard InChI is InChI=1S/C31H63NO3/c1-3-5-7-9-11-13-15-17-19-21-23-25-27-31(35)32-29(28-33)30(34)26-24-22-20-18-16-14-12-10-8-6-4-2/h29-30,33-34H,3-28H2,1-2H3,(H,32,35). The minimum Gasteiger partial charge on any atom is -0.394 e. The molecule has 3 N–H and O–H groups in total. The zero-order valence-electron chi connectivity index (χ0n) is 23.8. The molecular formula is C31H63NO3. The number of nitrogens with one attached hydrogen (secondary N) is 1. The number of aliphatic hydroxyl groups excluding tert-OH is 2. The van der Waals surface area contributed by atoms with E-state index in [9.17, 15) is 15.0 Å². The Morgan fingerprint density at radius 2 is 0.914 bits per heavy atom. The summed E-state index contributed by atoms with van der Waals surface area (Å²) in [5.74, 6) is -0.0332. The van der Waals surface area contributed by atoms with Gasteiger partial charge in [-0.25, -0.2) is 0 Å². The second-order valence-electron chi connectivity index (χ2n) is 10.9. The Kier molecular flexibility index (Phi) is 27.5. The Labute approximate surface area is 219 Å². The molecule has 0 bridgehead atoms. The van der Waals surface area contributed by atoms with Gasteiger partial charge in [0.1, 0.15) is 0 Å². The molecule has 0 aromatic carbocycles. The molecule has 0 heterocycles. The minimum absolute atomic E-state index is 0.0332. The number of amides is 1. The van der Waals surface area contributed by atoms with Crippen molar-refractivity contribution < 1.29 is 15.0 Å². The molecule has 4 heteroatoms. The first-order valence-electron chi connectivity index (χ1n) is 15.7. The van der Waals surface area contributed by atoms with Crippen LogP contribution in [0, 0.1) is 0 Å². The van der Waals surface area contributed by atoms with Crippen LogP contribution >= 0.6 is 0 Å². The molecule has 0 aliphatic heterocycles. The van der Waals surface area contributed by atoms with Gasteiger partial charge in [-0.2, -0.15) is 0 Å². The van der Waals surface area contributed by atoms with E-state index in [1.54, 1.807) is 0 Å². The monoisotopic (exact) mass is 497 g/mol. The molecule has 0 saturated heterocycles. The summed E-state index contributed by atoms with van der Waals surface area (Å²) >= 11 is 0. The van der Waals surface area contributed by atoms with E-state index >= 15 is 0 Å². The third-order valence-electron chi connectivity index (χ3n) is 7.37. The molecule has 0 aromatic rings. The van der Waals surface area contributed by atoms with Gasteiger partial charge in [-0.1, -0.05) is 155 Å². The predicted octanol–water partition coefficient (Wildman–Crippen LogP) is 8.62. The van der Waals surface area contributed by atoms with E-state index in [4.69, 9.17) is 0 Å². The van der Waals surface area contributed by atoms with E-state index in [-0.39, 0.29) is 12.5 Å². The minimum atomic E-state index is -0.649. The zero-order valence-corrected chi connectivity index (χ0v) is 23.8. The van der Waals surface area contributed by atoms with Crippen LogP contribution in [0.4, 0.5) is 0 Å². The van der Waals surface area contributed by atoms with E-state index in [2.05, 4.69) is 19.2 Å². The summed E-state index contributed by atoms with van der Waals surface area (Å²) in [5.41, 5.74) is 0. The SMILES string of the molecule is CCCCCCCCCCCCCCC(=O)NC(CO)C(O)CCCCCCCCCCCCC. The molecule has 0 aliphatic carbocycles. The fraction of sp³-hybridized carbons (Fsp3) is 0.968. The summed E-state index contributed by atoms with van der Waals surface area (Å²) in [6.45, 7) is 4.33. The normalized spacial score (nSPS) is 13.1. The van der Waals surface area contributed by atoms with E-state index in [0.29, 0.717) is 12.8 Å². The van der Waals surface area contributed by atoms with Crippen molar-refractivity contribution in [1.82, 2.24) is 5.32 Å². The molecule has 35 heavy (non-hydrogen) atoms. The van der Waals surface area contributed by atoms with Gasteiger partial charge in [-0.05, 0) is 12.8 Å². The molecule has 0 aliphatic rings. The van der Waals surface area contributed by atoms with E-state index in [0.717, 1.165) is 25.7 Å². The predicted molar refractivity (Wildman–Crippen MR) is 152 cm³/mol. The molecule has 210 valence electrons. The molecule has 2 unspecified atom stereocenters. The van der Waals surface area contributed by atoms with Crippen LogP contribution in [-0.2, 0) is 4.79 Å². The molecule has 0 fully saturated rings. The number of carbonyl (C=O) groups is 1. The van der Waals surface area contributed by atoms with Crippen LogP contribution in [0.3, 0.4) is 0 Å². The van der Waals surface area contributed by atoms with Gasteiger partial charge < -0.3 is 15.5 Å². The summed E-state index contributed by atoms with van der Waals surface area (Å²) in [6.07, 6.45) is 30.0. The summed E-state index contributed by atoms with van der Waals surface area (Å²) in [7, 11) is 0. The molecule has 0 radical (unpaired) electrons. The van der Waals surface area contributed by atoms with Crippen LogP contribution in [0.25, 0.3) is 0 Å². The first-order valence-corrected chi connectivity index (χ1v) is 15.7. The topological polar surface area (TPSA) is 69.6 Å². The van der Waals surface area contributed by atoms with Crippen LogP contribution in [0.2, 0.25) is 0 Å². The van der Waals surface area contributed by atoms with Crippen molar-refractivity contribution in [2.45, 2.75) is 187 Å². The molecule has 0 spiro atoms. The highest BCUT2D eigenvalue weighted by atomic mass is 16.3. The average Bonchev–Trinajstić information content (AvgIpc) is 2.86. The van der Waals surface area contributed by atoms with Gasteiger partial charge in [-0.3, -0.25) is 4.79 Å². The maximum Gasteiger partial charge on any atom is 0.220 e. The van der Waals surface area contributed by atoms with Crippen LogP contribution in [0.1, 0.15) is 174 Å². The zero-order chi connectivity index (χ0) is 25.8. The van der Waals surface area contributed by atoms with Crippen LogP contribution in [0.5, 0.6) is 0 Å². The Bertz CT molecular complexity index is 429. The highest BCUT2D eigenvalue weighted by Crippen LogP contribution is 2.14. The number of rotatable bonds is 28. The second kappa shape index (κ2) is 28.0. The molecule has 0 aromatic heterocycles. The van der Waals surface area contributed by atoms with Gasteiger partial charge in [0.05, 0.1) is 18.8 Å². The Morgan fingerprint density at radius 3 is 1.29 bits per heavy atom. The van der Waals surface area contributed by atoms with Gasteiger partial charge in [0, 0.05) is 6.42 Å². The maximum absolute atomic E-state index is 12.2. The van der Waals surface area contributed by atoms with Crippen molar-refractivity contribution in [3.05, 3.63) is 0 Å². The Hall–Kier alpha value is -0.610. The van der Waals surface area contributed by atoms with Crippen molar-refractivity contribution in [1.29, 1.82) is 0 Å². The average molecular weight is 498 g/mol. The highest BCUT2D eigenvalue weighted by Gasteiger charge is 2.19. The van der Waals surface area contributed by atoms with E-state index in [1.807, 2.05) is 0 Å².